The SMILES string of the molecule is COC(=O)CCCC(=O)N[C@H](Cc1cc(F)cc(F)c1)C(O)CNC1(c2cccc(C(C)(C)C)c2)CCCCC1. The molecule has 0 heterocycles. The lowest BCUT2D eigenvalue weighted by molar-refractivity contribution is -0.140. The van der Waals surface area contributed by atoms with Crippen molar-refractivity contribution in [2.24, 2.45) is 0 Å². The highest BCUT2D eigenvalue weighted by Gasteiger charge is 2.35. The molecule has 1 fully saturated rings. The summed E-state index contributed by atoms with van der Waals surface area (Å²) in [6, 6.07) is 11.0. The van der Waals surface area contributed by atoms with E-state index in [1.54, 1.807) is 0 Å². The lowest BCUT2D eigenvalue weighted by atomic mass is 9.74. The fourth-order valence-corrected chi connectivity index (χ4v) is 5.49. The van der Waals surface area contributed by atoms with Crippen LogP contribution in [0.1, 0.15) is 88.8 Å². The highest BCUT2D eigenvalue weighted by atomic mass is 19.1. The molecule has 0 spiro atoms. The van der Waals surface area contributed by atoms with Crippen molar-refractivity contribution in [1.82, 2.24) is 10.6 Å². The quantitative estimate of drug-likeness (QED) is 0.302. The Balaban J connectivity index is 1.79. The van der Waals surface area contributed by atoms with Crippen LogP contribution >= 0.6 is 0 Å². The Labute approximate surface area is 236 Å². The summed E-state index contributed by atoms with van der Waals surface area (Å²) in [6.45, 7) is 6.74. The minimum Gasteiger partial charge on any atom is -0.469 e. The van der Waals surface area contributed by atoms with Crippen molar-refractivity contribution in [1.29, 1.82) is 0 Å². The Hall–Kier alpha value is -2.84. The van der Waals surface area contributed by atoms with E-state index < -0.39 is 29.7 Å². The molecule has 0 radical (unpaired) electrons. The topological polar surface area (TPSA) is 87.7 Å². The third-order valence-electron chi connectivity index (χ3n) is 7.84. The summed E-state index contributed by atoms with van der Waals surface area (Å²) < 4.78 is 32.5. The molecule has 1 aliphatic rings. The summed E-state index contributed by atoms with van der Waals surface area (Å²) in [4.78, 5) is 24.1. The second-order valence-corrected chi connectivity index (χ2v) is 12.0. The Morgan fingerprint density at radius 2 is 1.70 bits per heavy atom. The molecular formula is C32H44F2N2O4. The largest absolute Gasteiger partial charge is 0.469 e. The maximum absolute atomic E-state index is 13.9. The number of methoxy groups -OCH3 is 1. The zero-order chi connectivity index (χ0) is 29.3. The van der Waals surface area contributed by atoms with Crippen LogP contribution in [0.3, 0.4) is 0 Å². The minimum absolute atomic E-state index is 0.00510. The standard InChI is InChI=1S/C32H44F2N2O4/c1-31(2,3)23-10-8-11-24(19-23)32(14-6-5-7-15-32)35-21-28(37)27(18-22-16-25(33)20-26(34)17-22)36-29(38)12-9-13-30(39)40-4/h8,10-11,16-17,19-20,27-28,35,37H,5-7,9,12-15,18,21H2,1-4H3,(H,36,38)/t27-,28?/m1/s1. The molecule has 0 bridgehead atoms. The number of hydrogen-bond donors (Lipinski definition) is 3. The van der Waals surface area contributed by atoms with Crippen molar-refractivity contribution in [2.75, 3.05) is 13.7 Å². The van der Waals surface area contributed by atoms with Crippen molar-refractivity contribution in [3.05, 3.63) is 70.8 Å². The molecule has 40 heavy (non-hydrogen) atoms. The van der Waals surface area contributed by atoms with Crippen molar-refractivity contribution < 1.29 is 28.2 Å². The van der Waals surface area contributed by atoms with E-state index in [2.05, 4.69) is 60.4 Å². The number of aliphatic hydroxyl groups excluding tert-OH is 1. The van der Waals surface area contributed by atoms with Gasteiger partial charge in [0, 0.05) is 31.0 Å². The third kappa shape index (κ3) is 9.10. The monoisotopic (exact) mass is 558 g/mol. The Morgan fingerprint density at radius 3 is 2.33 bits per heavy atom. The number of nitrogens with one attached hydrogen (secondary N) is 2. The third-order valence-corrected chi connectivity index (χ3v) is 7.84. The van der Waals surface area contributed by atoms with Crippen LogP contribution in [0.2, 0.25) is 0 Å². The molecule has 1 amide bonds. The molecule has 0 aromatic heterocycles. The lowest BCUT2D eigenvalue weighted by Crippen LogP contribution is -2.53. The van der Waals surface area contributed by atoms with E-state index in [1.165, 1.54) is 30.4 Å². The van der Waals surface area contributed by atoms with E-state index in [-0.39, 0.29) is 42.7 Å². The van der Waals surface area contributed by atoms with Gasteiger partial charge in [-0.3, -0.25) is 9.59 Å². The Kier molecular flexibility index (Phi) is 11.2. The first-order valence-electron chi connectivity index (χ1n) is 14.3. The van der Waals surface area contributed by atoms with Crippen LogP contribution in [0.5, 0.6) is 0 Å². The van der Waals surface area contributed by atoms with E-state index in [1.807, 2.05) is 0 Å². The number of esters is 1. The predicted octanol–water partition coefficient (Wildman–Crippen LogP) is 5.44. The van der Waals surface area contributed by atoms with Crippen LogP contribution in [0.25, 0.3) is 0 Å². The first-order valence-corrected chi connectivity index (χ1v) is 14.3. The summed E-state index contributed by atoms with van der Waals surface area (Å²) >= 11 is 0. The van der Waals surface area contributed by atoms with Gasteiger partial charge in [-0.2, -0.15) is 0 Å². The van der Waals surface area contributed by atoms with E-state index in [9.17, 15) is 23.5 Å². The number of carbonyl (C=O) groups excluding carboxylic acids is 2. The smallest absolute Gasteiger partial charge is 0.305 e. The minimum atomic E-state index is -1.03. The molecule has 220 valence electrons. The first-order chi connectivity index (χ1) is 18.9. The van der Waals surface area contributed by atoms with Gasteiger partial charge in [-0.1, -0.05) is 64.3 Å². The van der Waals surface area contributed by atoms with Crippen LogP contribution in [0, 0.1) is 11.6 Å². The van der Waals surface area contributed by atoms with Crippen molar-refractivity contribution in [2.45, 2.75) is 102 Å². The highest BCUT2D eigenvalue weighted by molar-refractivity contribution is 5.77. The fraction of sp³-hybridized carbons (Fsp3) is 0.562. The summed E-state index contributed by atoms with van der Waals surface area (Å²) in [6.07, 6.45) is 4.60. The van der Waals surface area contributed by atoms with Gasteiger partial charge < -0.3 is 20.5 Å². The van der Waals surface area contributed by atoms with Crippen LogP contribution in [0.4, 0.5) is 8.78 Å². The number of amides is 1. The Bertz CT molecular complexity index is 1120. The fourth-order valence-electron chi connectivity index (χ4n) is 5.49. The number of ether oxygens (including phenoxy) is 1. The van der Waals surface area contributed by atoms with Crippen LogP contribution in [-0.2, 0) is 31.7 Å². The van der Waals surface area contributed by atoms with Gasteiger partial charge in [0.05, 0.1) is 19.3 Å². The molecule has 1 unspecified atom stereocenters. The highest BCUT2D eigenvalue weighted by Crippen LogP contribution is 2.38. The molecule has 6 nitrogen and oxygen atoms in total. The summed E-state index contributed by atoms with van der Waals surface area (Å²) in [5.74, 6) is -2.19. The summed E-state index contributed by atoms with van der Waals surface area (Å²) in [7, 11) is 1.29. The van der Waals surface area contributed by atoms with Gasteiger partial charge in [-0.05, 0) is 59.9 Å². The second-order valence-electron chi connectivity index (χ2n) is 12.0. The molecule has 3 N–H and O–H groups in total. The number of hydrogen-bond acceptors (Lipinski definition) is 5. The van der Waals surface area contributed by atoms with Gasteiger partial charge in [0.25, 0.3) is 0 Å². The van der Waals surface area contributed by atoms with Gasteiger partial charge >= 0.3 is 5.97 Å². The molecule has 0 aliphatic heterocycles. The van der Waals surface area contributed by atoms with E-state index in [0.717, 1.165) is 38.2 Å². The second kappa shape index (κ2) is 14.2. The van der Waals surface area contributed by atoms with Gasteiger partial charge in [0.1, 0.15) is 11.6 Å². The molecule has 3 rings (SSSR count). The average molecular weight is 559 g/mol. The van der Waals surface area contributed by atoms with Crippen LogP contribution < -0.4 is 10.6 Å². The maximum Gasteiger partial charge on any atom is 0.305 e. The predicted molar refractivity (Wildman–Crippen MR) is 152 cm³/mol. The number of rotatable bonds is 12. The van der Waals surface area contributed by atoms with Crippen LogP contribution in [-0.4, -0.2) is 42.8 Å². The molecule has 1 saturated carbocycles. The average Bonchev–Trinajstić information content (AvgIpc) is 2.91. The lowest BCUT2D eigenvalue weighted by Gasteiger charge is -2.41. The van der Waals surface area contributed by atoms with Crippen molar-refractivity contribution in [3.63, 3.8) is 0 Å². The number of benzene rings is 2. The van der Waals surface area contributed by atoms with Gasteiger partial charge in [-0.15, -0.1) is 0 Å². The number of carbonyl (C=O) groups is 2. The zero-order valence-corrected chi connectivity index (χ0v) is 24.2. The molecule has 2 aromatic carbocycles. The molecule has 8 heteroatoms. The first kappa shape index (κ1) is 31.7. The van der Waals surface area contributed by atoms with E-state index in [0.29, 0.717) is 12.0 Å². The number of halogens is 2. The van der Waals surface area contributed by atoms with Gasteiger partial charge in [0.2, 0.25) is 5.91 Å². The number of aliphatic hydroxyl groups is 1. The van der Waals surface area contributed by atoms with E-state index in [4.69, 9.17) is 0 Å². The molecule has 2 atom stereocenters. The van der Waals surface area contributed by atoms with E-state index >= 15 is 0 Å². The van der Waals surface area contributed by atoms with Gasteiger partial charge in [0.15, 0.2) is 0 Å². The molecule has 0 saturated heterocycles. The molecular weight excluding hydrogens is 514 g/mol. The summed E-state index contributed by atoms with van der Waals surface area (Å²) in [5.41, 5.74) is 2.43. The van der Waals surface area contributed by atoms with Crippen molar-refractivity contribution in [3.8, 4) is 0 Å². The zero-order valence-electron chi connectivity index (χ0n) is 24.2. The Morgan fingerprint density at radius 1 is 1.02 bits per heavy atom. The maximum atomic E-state index is 13.9. The summed E-state index contributed by atoms with van der Waals surface area (Å²) in [5, 5.41) is 17.8. The van der Waals surface area contributed by atoms with Gasteiger partial charge in [-0.25, -0.2) is 8.78 Å². The van der Waals surface area contributed by atoms with Crippen molar-refractivity contribution >= 4 is 11.9 Å². The molecule has 1 aliphatic carbocycles. The van der Waals surface area contributed by atoms with Crippen LogP contribution in [0.15, 0.2) is 42.5 Å². The normalized spacial score (nSPS) is 16.7. The molecule has 2 aromatic rings.